The van der Waals surface area contributed by atoms with Crippen molar-refractivity contribution >= 4 is 0 Å². The standard InChI is InChI=1S/C18H28N2O/c1-2-4-16(5-3-1)8-12-20(18-9-13-21-15-18)14-17-6-10-19-11-7-17/h1-5,17-19H,6-15H2. The van der Waals surface area contributed by atoms with Gasteiger partial charge in [-0.25, -0.2) is 0 Å². The summed E-state index contributed by atoms with van der Waals surface area (Å²) in [5.74, 6) is 0.864. The molecule has 1 aromatic rings. The van der Waals surface area contributed by atoms with E-state index in [9.17, 15) is 0 Å². The van der Waals surface area contributed by atoms with Crippen molar-refractivity contribution in [1.82, 2.24) is 10.2 Å². The number of piperidine rings is 1. The molecule has 0 spiro atoms. The van der Waals surface area contributed by atoms with Gasteiger partial charge in [0.1, 0.15) is 0 Å². The number of hydrogen-bond acceptors (Lipinski definition) is 3. The van der Waals surface area contributed by atoms with E-state index >= 15 is 0 Å². The first-order chi connectivity index (χ1) is 10.4. The molecule has 0 aromatic heterocycles. The Balaban J connectivity index is 1.55. The minimum atomic E-state index is 0.642. The van der Waals surface area contributed by atoms with Crippen LogP contribution in [0.2, 0.25) is 0 Å². The molecule has 3 heteroatoms. The van der Waals surface area contributed by atoms with Crippen LogP contribution in [0, 0.1) is 5.92 Å². The molecule has 3 nitrogen and oxygen atoms in total. The van der Waals surface area contributed by atoms with Gasteiger partial charge in [-0.3, -0.25) is 4.90 Å². The van der Waals surface area contributed by atoms with Crippen molar-refractivity contribution in [2.24, 2.45) is 5.92 Å². The zero-order valence-corrected chi connectivity index (χ0v) is 13.0. The summed E-state index contributed by atoms with van der Waals surface area (Å²) < 4.78 is 5.63. The Morgan fingerprint density at radius 3 is 2.62 bits per heavy atom. The monoisotopic (exact) mass is 288 g/mol. The van der Waals surface area contributed by atoms with Crippen LogP contribution in [0.3, 0.4) is 0 Å². The number of rotatable bonds is 6. The summed E-state index contributed by atoms with van der Waals surface area (Å²) in [6.45, 7) is 6.68. The van der Waals surface area contributed by atoms with Gasteiger partial charge in [0.25, 0.3) is 0 Å². The summed E-state index contributed by atoms with van der Waals surface area (Å²) in [6, 6.07) is 11.5. The van der Waals surface area contributed by atoms with Gasteiger partial charge in [-0.1, -0.05) is 30.3 Å². The van der Waals surface area contributed by atoms with E-state index < -0.39 is 0 Å². The molecule has 21 heavy (non-hydrogen) atoms. The number of ether oxygens (including phenoxy) is 1. The van der Waals surface area contributed by atoms with Crippen molar-refractivity contribution in [3.63, 3.8) is 0 Å². The molecular weight excluding hydrogens is 260 g/mol. The highest BCUT2D eigenvalue weighted by atomic mass is 16.5. The smallest absolute Gasteiger partial charge is 0.0622 e. The van der Waals surface area contributed by atoms with E-state index in [4.69, 9.17) is 4.74 Å². The zero-order valence-electron chi connectivity index (χ0n) is 13.0. The van der Waals surface area contributed by atoms with E-state index in [-0.39, 0.29) is 0 Å². The van der Waals surface area contributed by atoms with Crippen molar-refractivity contribution in [3.05, 3.63) is 35.9 Å². The molecule has 116 valence electrons. The first-order valence-corrected chi connectivity index (χ1v) is 8.48. The minimum absolute atomic E-state index is 0.642. The Labute approximate surface area is 128 Å². The molecule has 1 aromatic carbocycles. The molecule has 3 rings (SSSR count). The zero-order chi connectivity index (χ0) is 14.3. The molecule has 2 aliphatic rings. The second-order valence-electron chi connectivity index (χ2n) is 6.44. The quantitative estimate of drug-likeness (QED) is 0.869. The molecule has 2 fully saturated rings. The van der Waals surface area contributed by atoms with Crippen LogP contribution in [0.5, 0.6) is 0 Å². The average molecular weight is 288 g/mol. The van der Waals surface area contributed by atoms with Crippen molar-refractivity contribution in [2.45, 2.75) is 31.7 Å². The molecule has 2 saturated heterocycles. The van der Waals surface area contributed by atoms with E-state index in [0.717, 1.165) is 25.6 Å². The van der Waals surface area contributed by atoms with E-state index in [1.807, 2.05) is 0 Å². The van der Waals surface area contributed by atoms with Gasteiger partial charge in [-0.15, -0.1) is 0 Å². The maximum absolute atomic E-state index is 5.63. The maximum Gasteiger partial charge on any atom is 0.0622 e. The molecule has 0 saturated carbocycles. The molecule has 2 aliphatic heterocycles. The van der Waals surface area contributed by atoms with E-state index in [2.05, 4.69) is 40.5 Å². The summed E-state index contributed by atoms with van der Waals surface area (Å²) in [4.78, 5) is 2.70. The van der Waals surface area contributed by atoms with Crippen molar-refractivity contribution in [1.29, 1.82) is 0 Å². The third kappa shape index (κ3) is 4.53. The van der Waals surface area contributed by atoms with Gasteiger partial charge in [0, 0.05) is 25.7 Å². The molecule has 0 bridgehead atoms. The van der Waals surface area contributed by atoms with Gasteiger partial charge < -0.3 is 10.1 Å². The highest BCUT2D eigenvalue weighted by Gasteiger charge is 2.26. The van der Waals surface area contributed by atoms with Crippen LogP contribution in [-0.2, 0) is 11.2 Å². The predicted molar refractivity (Wildman–Crippen MR) is 86.5 cm³/mol. The van der Waals surface area contributed by atoms with E-state index in [1.54, 1.807) is 0 Å². The molecule has 0 aliphatic carbocycles. The third-order valence-corrected chi connectivity index (χ3v) is 4.90. The Morgan fingerprint density at radius 1 is 1.10 bits per heavy atom. The van der Waals surface area contributed by atoms with Crippen LogP contribution in [0.15, 0.2) is 30.3 Å². The lowest BCUT2D eigenvalue weighted by molar-refractivity contribution is 0.123. The highest BCUT2D eigenvalue weighted by molar-refractivity contribution is 5.14. The highest BCUT2D eigenvalue weighted by Crippen LogP contribution is 2.19. The fourth-order valence-electron chi connectivity index (χ4n) is 3.55. The minimum Gasteiger partial charge on any atom is -0.380 e. The Kier molecular flexibility index (Phi) is 5.67. The second-order valence-corrected chi connectivity index (χ2v) is 6.44. The fourth-order valence-corrected chi connectivity index (χ4v) is 3.55. The lowest BCUT2D eigenvalue weighted by atomic mass is 9.96. The molecule has 1 N–H and O–H groups in total. The SMILES string of the molecule is c1ccc(CCN(CC2CCNCC2)C2CCOC2)cc1. The number of benzene rings is 1. The van der Waals surface area contributed by atoms with Crippen LogP contribution >= 0.6 is 0 Å². The fraction of sp³-hybridized carbons (Fsp3) is 0.667. The first-order valence-electron chi connectivity index (χ1n) is 8.48. The van der Waals surface area contributed by atoms with Gasteiger partial charge >= 0.3 is 0 Å². The maximum atomic E-state index is 5.63. The topological polar surface area (TPSA) is 24.5 Å². The summed E-state index contributed by atoms with van der Waals surface area (Å²) in [7, 11) is 0. The van der Waals surface area contributed by atoms with Crippen molar-refractivity contribution in [2.75, 3.05) is 39.4 Å². The lowest BCUT2D eigenvalue weighted by Gasteiger charge is -2.33. The lowest BCUT2D eigenvalue weighted by Crippen LogP contribution is -2.43. The predicted octanol–water partition coefficient (Wildman–Crippen LogP) is 2.32. The average Bonchev–Trinajstić information content (AvgIpc) is 3.08. The molecule has 2 heterocycles. The molecule has 0 radical (unpaired) electrons. The molecule has 1 unspecified atom stereocenters. The molecular formula is C18H28N2O. The van der Waals surface area contributed by atoms with E-state index in [0.29, 0.717) is 6.04 Å². The Bertz CT molecular complexity index is 397. The summed E-state index contributed by atoms with van der Waals surface area (Å²) >= 11 is 0. The van der Waals surface area contributed by atoms with Crippen LogP contribution in [0.4, 0.5) is 0 Å². The number of nitrogens with one attached hydrogen (secondary N) is 1. The van der Waals surface area contributed by atoms with Crippen molar-refractivity contribution in [3.8, 4) is 0 Å². The van der Waals surface area contributed by atoms with Gasteiger partial charge in [0.2, 0.25) is 0 Å². The molecule has 0 amide bonds. The van der Waals surface area contributed by atoms with Crippen LogP contribution < -0.4 is 5.32 Å². The van der Waals surface area contributed by atoms with Gasteiger partial charge in [-0.05, 0) is 50.3 Å². The van der Waals surface area contributed by atoms with Gasteiger partial charge in [0.05, 0.1) is 6.61 Å². The summed E-state index contributed by atoms with van der Waals surface area (Å²) in [5.41, 5.74) is 1.45. The first kappa shape index (κ1) is 15.0. The third-order valence-electron chi connectivity index (χ3n) is 4.90. The Hall–Kier alpha value is -0.900. The largest absolute Gasteiger partial charge is 0.380 e. The van der Waals surface area contributed by atoms with Gasteiger partial charge in [-0.2, -0.15) is 0 Å². The van der Waals surface area contributed by atoms with Crippen molar-refractivity contribution < 1.29 is 4.74 Å². The number of hydrogen-bond donors (Lipinski definition) is 1. The van der Waals surface area contributed by atoms with Crippen LogP contribution in [0.25, 0.3) is 0 Å². The van der Waals surface area contributed by atoms with Crippen LogP contribution in [-0.4, -0.2) is 50.3 Å². The summed E-state index contributed by atoms with van der Waals surface area (Å²) in [5, 5.41) is 3.47. The Morgan fingerprint density at radius 2 is 1.90 bits per heavy atom. The number of nitrogens with zero attached hydrogens (tertiary/aromatic N) is 1. The van der Waals surface area contributed by atoms with E-state index in [1.165, 1.54) is 51.0 Å². The normalized spacial score (nSPS) is 23.8. The van der Waals surface area contributed by atoms with Crippen LogP contribution in [0.1, 0.15) is 24.8 Å². The molecule has 1 atom stereocenters. The second kappa shape index (κ2) is 7.92. The summed E-state index contributed by atoms with van der Waals surface area (Å²) in [6.07, 6.45) is 5.02. The van der Waals surface area contributed by atoms with Gasteiger partial charge in [0.15, 0.2) is 0 Å².